The highest BCUT2D eigenvalue weighted by atomic mass is 19.4. The van der Waals surface area contributed by atoms with E-state index in [2.05, 4.69) is 25.4 Å². The first-order valence-electron chi connectivity index (χ1n) is 11.0. The van der Waals surface area contributed by atoms with E-state index in [0.717, 1.165) is 12.1 Å². The summed E-state index contributed by atoms with van der Waals surface area (Å²) in [5.74, 6) is 0.455. The molecule has 4 aromatic heterocycles. The molecule has 5 aromatic rings. The lowest BCUT2D eigenvalue weighted by Crippen LogP contribution is -2.23. The van der Waals surface area contributed by atoms with E-state index in [1.54, 1.807) is 54.5 Å². The second-order valence-corrected chi connectivity index (χ2v) is 8.07. The molecule has 0 aliphatic heterocycles. The summed E-state index contributed by atoms with van der Waals surface area (Å²) >= 11 is 0. The normalized spacial score (nSPS) is 12.6. The van der Waals surface area contributed by atoms with E-state index < -0.39 is 11.7 Å². The van der Waals surface area contributed by atoms with Crippen LogP contribution in [0, 0.1) is 0 Å². The highest BCUT2D eigenvalue weighted by molar-refractivity contribution is 5.91. The number of hydrogen-bond acceptors (Lipinski definition) is 6. The molecule has 0 bridgehead atoms. The number of aromatic nitrogens is 6. The van der Waals surface area contributed by atoms with Gasteiger partial charge in [0.25, 0.3) is 5.56 Å². The van der Waals surface area contributed by atoms with Gasteiger partial charge < -0.3 is 9.88 Å². The molecule has 1 N–H and O–H groups in total. The van der Waals surface area contributed by atoms with Gasteiger partial charge in [-0.3, -0.25) is 4.79 Å². The summed E-state index contributed by atoms with van der Waals surface area (Å²) in [7, 11) is 1.72. The van der Waals surface area contributed by atoms with Gasteiger partial charge in [-0.15, -0.1) is 0 Å². The van der Waals surface area contributed by atoms with Crippen LogP contribution in [0.25, 0.3) is 28.0 Å². The largest absolute Gasteiger partial charge is 0.416 e. The lowest BCUT2D eigenvalue weighted by Gasteiger charge is -2.15. The molecule has 11 heteroatoms. The summed E-state index contributed by atoms with van der Waals surface area (Å²) in [6.45, 7) is 1.86. The van der Waals surface area contributed by atoms with E-state index >= 15 is 0 Å². The molecule has 1 atom stereocenters. The molecule has 5 rings (SSSR count). The molecule has 0 aliphatic carbocycles. The van der Waals surface area contributed by atoms with Crippen LogP contribution in [0.5, 0.6) is 0 Å². The molecule has 0 aliphatic rings. The minimum absolute atomic E-state index is 0.259. The number of alkyl halides is 3. The minimum atomic E-state index is -4.43. The molecular weight excluding hydrogens is 471 g/mol. The first-order chi connectivity index (χ1) is 17.3. The fraction of sp³-hybridized carbons (Fsp3) is 0.160. The number of rotatable bonds is 5. The van der Waals surface area contributed by atoms with Crippen molar-refractivity contribution in [3.05, 3.63) is 94.8 Å². The maximum atomic E-state index is 13.1. The van der Waals surface area contributed by atoms with Crippen molar-refractivity contribution in [1.82, 2.24) is 29.3 Å². The number of nitrogens with zero attached hydrogens (tertiary/aromatic N) is 6. The number of nitrogens with one attached hydrogen (secondary N) is 1. The predicted octanol–water partition coefficient (Wildman–Crippen LogP) is 4.71. The van der Waals surface area contributed by atoms with Crippen LogP contribution in [0.4, 0.5) is 19.1 Å². The summed E-state index contributed by atoms with van der Waals surface area (Å²) in [5, 5.41) is 8.16. The van der Waals surface area contributed by atoms with Gasteiger partial charge in [0.2, 0.25) is 5.95 Å². The molecule has 36 heavy (non-hydrogen) atoms. The van der Waals surface area contributed by atoms with E-state index in [4.69, 9.17) is 0 Å². The molecule has 0 unspecified atom stereocenters. The fourth-order valence-electron chi connectivity index (χ4n) is 3.96. The molecule has 0 radical (unpaired) electrons. The zero-order valence-corrected chi connectivity index (χ0v) is 19.2. The van der Waals surface area contributed by atoms with Crippen LogP contribution in [0.1, 0.15) is 24.2 Å². The quantitative estimate of drug-likeness (QED) is 0.383. The number of benzene rings is 1. The van der Waals surface area contributed by atoms with Crippen molar-refractivity contribution in [2.75, 3.05) is 12.4 Å². The third-order valence-corrected chi connectivity index (χ3v) is 5.85. The van der Waals surface area contributed by atoms with Gasteiger partial charge in [0, 0.05) is 42.7 Å². The summed E-state index contributed by atoms with van der Waals surface area (Å²) in [5.41, 5.74) is 1.60. The smallest absolute Gasteiger partial charge is 0.357 e. The topological polar surface area (TPSA) is 90.5 Å². The fourth-order valence-corrected chi connectivity index (χ4v) is 3.96. The van der Waals surface area contributed by atoms with Crippen LogP contribution < -0.4 is 10.9 Å². The Morgan fingerprint density at radius 2 is 1.78 bits per heavy atom. The second-order valence-electron chi connectivity index (χ2n) is 8.07. The Bertz CT molecular complexity index is 1610. The van der Waals surface area contributed by atoms with Crippen LogP contribution in [0.2, 0.25) is 0 Å². The van der Waals surface area contributed by atoms with E-state index in [-0.39, 0.29) is 11.6 Å². The number of anilines is 1. The van der Waals surface area contributed by atoms with Gasteiger partial charge in [0.05, 0.1) is 23.0 Å². The van der Waals surface area contributed by atoms with E-state index in [1.807, 2.05) is 6.92 Å². The van der Waals surface area contributed by atoms with E-state index in [9.17, 15) is 18.0 Å². The first-order valence-corrected chi connectivity index (χ1v) is 11.0. The minimum Gasteiger partial charge on any atom is -0.357 e. The van der Waals surface area contributed by atoms with Crippen LogP contribution in [-0.2, 0) is 6.18 Å². The van der Waals surface area contributed by atoms with Crippen LogP contribution in [-0.4, -0.2) is 36.3 Å². The predicted molar refractivity (Wildman–Crippen MR) is 129 cm³/mol. The lowest BCUT2D eigenvalue weighted by atomic mass is 10.1. The first kappa shape index (κ1) is 23.2. The van der Waals surface area contributed by atoms with Gasteiger partial charge in [0.15, 0.2) is 5.65 Å². The molecule has 8 nitrogen and oxygen atoms in total. The average Bonchev–Trinajstić information content (AvgIpc) is 3.27. The summed E-state index contributed by atoms with van der Waals surface area (Å²) in [4.78, 5) is 26.0. The van der Waals surface area contributed by atoms with Gasteiger partial charge in [-0.1, -0.05) is 0 Å². The molecule has 182 valence electrons. The van der Waals surface area contributed by atoms with Crippen molar-refractivity contribution < 1.29 is 13.2 Å². The van der Waals surface area contributed by atoms with Gasteiger partial charge >= 0.3 is 6.18 Å². The summed E-state index contributed by atoms with van der Waals surface area (Å²) in [6.07, 6.45) is 0.435. The Kier molecular flexibility index (Phi) is 5.75. The van der Waals surface area contributed by atoms with Crippen molar-refractivity contribution in [3.8, 4) is 16.9 Å². The number of pyridine rings is 2. The molecule has 4 heterocycles. The van der Waals surface area contributed by atoms with E-state index in [0.29, 0.717) is 39.6 Å². The van der Waals surface area contributed by atoms with Crippen LogP contribution >= 0.6 is 0 Å². The number of halogens is 3. The summed E-state index contributed by atoms with van der Waals surface area (Å²) < 4.78 is 42.0. The van der Waals surface area contributed by atoms with Crippen molar-refractivity contribution >= 4 is 17.0 Å². The van der Waals surface area contributed by atoms with Crippen LogP contribution in [0.3, 0.4) is 0 Å². The average molecular weight is 491 g/mol. The van der Waals surface area contributed by atoms with Gasteiger partial charge in [-0.2, -0.15) is 18.3 Å². The zero-order chi connectivity index (χ0) is 25.4. The SMILES string of the molecule is CNc1nccc([C@H](C)n2ccc(-c3nn(-c4ccc(C(F)(F)F)cc4)c4ncccc34)cc2=O)n1. The van der Waals surface area contributed by atoms with E-state index in [1.165, 1.54) is 22.9 Å². The van der Waals surface area contributed by atoms with Crippen molar-refractivity contribution in [1.29, 1.82) is 0 Å². The lowest BCUT2D eigenvalue weighted by molar-refractivity contribution is -0.137. The van der Waals surface area contributed by atoms with Crippen LogP contribution in [0.15, 0.2) is 78.0 Å². The number of fused-ring (bicyclic) bond motifs is 1. The highest BCUT2D eigenvalue weighted by Crippen LogP contribution is 2.31. The third-order valence-electron chi connectivity index (χ3n) is 5.85. The monoisotopic (exact) mass is 491 g/mol. The second kappa shape index (κ2) is 8.91. The van der Waals surface area contributed by atoms with Crippen molar-refractivity contribution in [2.24, 2.45) is 0 Å². The maximum Gasteiger partial charge on any atom is 0.416 e. The Morgan fingerprint density at radius 1 is 1.00 bits per heavy atom. The molecule has 0 amide bonds. The molecule has 1 aromatic carbocycles. The van der Waals surface area contributed by atoms with Gasteiger partial charge in [-0.25, -0.2) is 19.6 Å². The van der Waals surface area contributed by atoms with Crippen molar-refractivity contribution in [3.63, 3.8) is 0 Å². The summed E-state index contributed by atoms with van der Waals surface area (Å²) in [6, 6.07) is 12.9. The maximum absolute atomic E-state index is 13.1. The molecule has 0 spiro atoms. The Morgan fingerprint density at radius 3 is 2.47 bits per heavy atom. The Balaban J connectivity index is 1.55. The van der Waals surface area contributed by atoms with Gasteiger partial charge in [0.1, 0.15) is 5.69 Å². The molecule has 0 saturated heterocycles. The zero-order valence-electron chi connectivity index (χ0n) is 19.2. The third kappa shape index (κ3) is 4.19. The van der Waals surface area contributed by atoms with Crippen molar-refractivity contribution in [2.45, 2.75) is 19.1 Å². The highest BCUT2D eigenvalue weighted by Gasteiger charge is 2.30. The Hall–Kier alpha value is -4.54. The Labute approximate surface area is 203 Å². The standard InChI is InChI=1S/C25H20F3N7O/c1-15(20-9-12-31-24(29-2)32-20)34-13-10-16(14-21(34)36)22-19-4-3-11-30-23(19)35(33-22)18-7-5-17(6-8-18)25(26,27)28/h3-15H,1-2H3,(H,29,31,32)/t15-/m0/s1. The molecule has 0 fully saturated rings. The van der Waals surface area contributed by atoms with Gasteiger partial charge in [-0.05, 0) is 55.5 Å². The molecular formula is C25H20F3N7O. The molecule has 0 saturated carbocycles. The number of hydrogen-bond donors (Lipinski definition) is 1.